The van der Waals surface area contributed by atoms with Gasteiger partial charge in [-0.05, 0) is 43.0 Å². The van der Waals surface area contributed by atoms with Gasteiger partial charge in [-0.25, -0.2) is 4.79 Å². The molecule has 1 atom stereocenters. The number of nitrogens with zero attached hydrogens (tertiary/aromatic N) is 3. The Hall–Kier alpha value is -3.84. The number of rotatable bonds is 5. The average molecular weight is 455 g/mol. The molecular weight excluding hydrogens is 432 g/mol. The summed E-state index contributed by atoms with van der Waals surface area (Å²) in [5.74, 6) is 0.886. The Balaban J connectivity index is 1.64. The molecule has 33 heavy (non-hydrogen) atoms. The van der Waals surface area contributed by atoms with Gasteiger partial charge in [0.15, 0.2) is 0 Å². The molecule has 2 heterocycles. The quantitative estimate of drug-likeness (QED) is 0.366. The second-order valence-corrected chi connectivity index (χ2v) is 8.49. The Morgan fingerprint density at radius 3 is 2.27 bits per heavy atom. The molecule has 0 radical (unpaired) electrons. The SMILES string of the molecule is CSc1ccc(N2C(=O)NC(c3ccccc3)C(c3nc(-c4ccccc4)no3)=C2C)cc1. The van der Waals surface area contributed by atoms with Crippen molar-refractivity contribution in [1.29, 1.82) is 0 Å². The van der Waals surface area contributed by atoms with Crippen LogP contribution in [0.5, 0.6) is 0 Å². The molecule has 164 valence electrons. The summed E-state index contributed by atoms with van der Waals surface area (Å²) in [5.41, 5.74) is 4.09. The zero-order chi connectivity index (χ0) is 22.8. The summed E-state index contributed by atoms with van der Waals surface area (Å²) in [6.45, 7) is 1.92. The van der Waals surface area contributed by atoms with Gasteiger partial charge in [0, 0.05) is 16.2 Å². The van der Waals surface area contributed by atoms with Crippen LogP contribution in [0.15, 0.2) is 100 Å². The summed E-state index contributed by atoms with van der Waals surface area (Å²) in [6.07, 6.45) is 2.02. The molecule has 0 aliphatic carbocycles. The molecule has 1 aliphatic rings. The first kappa shape index (κ1) is 21.0. The second kappa shape index (κ2) is 8.96. The van der Waals surface area contributed by atoms with Crippen LogP contribution in [0.25, 0.3) is 17.0 Å². The Morgan fingerprint density at radius 1 is 0.939 bits per heavy atom. The van der Waals surface area contributed by atoms with E-state index >= 15 is 0 Å². The molecule has 6 nitrogen and oxygen atoms in total. The van der Waals surface area contributed by atoms with Gasteiger partial charge in [0.25, 0.3) is 5.89 Å². The molecule has 1 aliphatic heterocycles. The minimum Gasteiger partial charge on any atom is -0.334 e. The fraction of sp³-hybridized carbons (Fsp3) is 0.115. The summed E-state index contributed by atoms with van der Waals surface area (Å²) in [4.78, 5) is 20.7. The molecule has 0 bridgehead atoms. The number of thioether (sulfide) groups is 1. The van der Waals surface area contributed by atoms with E-state index in [1.807, 2.05) is 98.1 Å². The monoisotopic (exact) mass is 454 g/mol. The molecule has 1 N–H and O–H groups in total. The zero-order valence-electron chi connectivity index (χ0n) is 18.2. The van der Waals surface area contributed by atoms with Crippen molar-refractivity contribution in [3.63, 3.8) is 0 Å². The lowest BCUT2D eigenvalue weighted by Gasteiger charge is -2.35. The Morgan fingerprint density at radius 2 is 1.61 bits per heavy atom. The Labute approximate surface area is 196 Å². The highest BCUT2D eigenvalue weighted by Crippen LogP contribution is 2.39. The number of benzene rings is 3. The minimum atomic E-state index is -0.413. The van der Waals surface area contributed by atoms with E-state index in [0.29, 0.717) is 11.7 Å². The molecular formula is C26H22N4O2S. The highest BCUT2D eigenvalue weighted by Gasteiger charge is 2.36. The maximum atomic E-state index is 13.3. The lowest BCUT2D eigenvalue weighted by Crippen LogP contribution is -2.46. The van der Waals surface area contributed by atoms with Crippen LogP contribution in [-0.2, 0) is 0 Å². The Bertz CT molecular complexity index is 1300. The smallest absolute Gasteiger partial charge is 0.326 e. The summed E-state index contributed by atoms with van der Waals surface area (Å²) in [5, 5.41) is 7.34. The van der Waals surface area contributed by atoms with E-state index in [4.69, 9.17) is 9.51 Å². The fourth-order valence-electron chi connectivity index (χ4n) is 4.00. The zero-order valence-corrected chi connectivity index (χ0v) is 19.0. The molecule has 3 aromatic carbocycles. The summed E-state index contributed by atoms with van der Waals surface area (Å²) >= 11 is 1.66. The fourth-order valence-corrected chi connectivity index (χ4v) is 4.40. The first-order valence-electron chi connectivity index (χ1n) is 10.6. The Kier molecular flexibility index (Phi) is 5.71. The molecule has 2 amide bonds. The van der Waals surface area contributed by atoms with Gasteiger partial charge in [-0.2, -0.15) is 4.98 Å². The maximum Gasteiger partial charge on any atom is 0.326 e. The number of hydrogen-bond acceptors (Lipinski definition) is 5. The third kappa shape index (κ3) is 4.03. The van der Waals surface area contributed by atoms with Crippen molar-refractivity contribution in [2.45, 2.75) is 17.9 Å². The van der Waals surface area contributed by atoms with E-state index in [1.54, 1.807) is 16.7 Å². The highest BCUT2D eigenvalue weighted by atomic mass is 32.2. The van der Waals surface area contributed by atoms with E-state index < -0.39 is 6.04 Å². The van der Waals surface area contributed by atoms with E-state index in [-0.39, 0.29) is 6.03 Å². The predicted molar refractivity (Wildman–Crippen MR) is 131 cm³/mol. The van der Waals surface area contributed by atoms with Crippen molar-refractivity contribution in [2.75, 3.05) is 11.2 Å². The second-order valence-electron chi connectivity index (χ2n) is 7.61. The number of nitrogens with one attached hydrogen (secondary N) is 1. The lowest BCUT2D eigenvalue weighted by atomic mass is 9.94. The van der Waals surface area contributed by atoms with E-state index in [0.717, 1.165) is 33.0 Å². The van der Waals surface area contributed by atoms with E-state index in [2.05, 4.69) is 10.5 Å². The van der Waals surface area contributed by atoms with Crippen LogP contribution in [0.4, 0.5) is 10.5 Å². The first-order chi connectivity index (χ1) is 16.2. The summed E-state index contributed by atoms with van der Waals surface area (Å²) in [6, 6.07) is 26.8. The topological polar surface area (TPSA) is 71.3 Å². The van der Waals surface area contributed by atoms with Gasteiger partial charge in [-0.15, -0.1) is 11.8 Å². The summed E-state index contributed by atoms with van der Waals surface area (Å²) < 4.78 is 5.74. The van der Waals surface area contributed by atoms with Gasteiger partial charge in [-0.1, -0.05) is 65.8 Å². The third-order valence-corrected chi connectivity index (χ3v) is 6.38. The van der Waals surface area contributed by atoms with Gasteiger partial charge in [0.2, 0.25) is 5.82 Å². The number of aromatic nitrogens is 2. The molecule has 0 saturated carbocycles. The van der Waals surface area contributed by atoms with Crippen LogP contribution in [0, 0.1) is 0 Å². The molecule has 5 rings (SSSR count). The van der Waals surface area contributed by atoms with Crippen molar-refractivity contribution in [1.82, 2.24) is 15.5 Å². The summed E-state index contributed by atoms with van der Waals surface area (Å²) in [7, 11) is 0. The predicted octanol–water partition coefficient (Wildman–Crippen LogP) is 6.16. The van der Waals surface area contributed by atoms with Crippen molar-refractivity contribution in [3.8, 4) is 11.4 Å². The van der Waals surface area contributed by atoms with Crippen LogP contribution in [0.3, 0.4) is 0 Å². The van der Waals surface area contributed by atoms with E-state index in [9.17, 15) is 4.79 Å². The number of allylic oxidation sites excluding steroid dienone is 1. The molecule has 0 spiro atoms. The number of anilines is 1. The van der Waals surface area contributed by atoms with Gasteiger partial charge in [0.05, 0.1) is 17.3 Å². The normalized spacial score (nSPS) is 16.1. The molecule has 7 heteroatoms. The molecule has 4 aromatic rings. The van der Waals surface area contributed by atoms with Crippen LogP contribution >= 0.6 is 11.8 Å². The van der Waals surface area contributed by atoms with Gasteiger partial charge in [0.1, 0.15) is 0 Å². The number of carbonyl (C=O) groups excluding carboxylic acids is 1. The third-order valence-electron chi connectivity index (χ3n) is 5.64. The number of carbonyl (C=O) groups is 1. The molecule has 0 fully saturated rings. The van der Waals surface area contributed by atoms with Gasteiger partial charge in [-0.3, -0.25) is 4.90 Å². The van der Waals surface area contributed by atoms with Crippen LogP contribution in [0.2, 0.25) is 0 Å². The standard InChI is InChI=1S/C26H22N4O2S/c1-17-22(25-28-24(29-32-25)19-11-7-4-8-12-19)23(18-9-5-3-6-10-18)27-26(31)30(17)20-13-15-21(33-2)16-14-20/h3-16,23H,1-2H3,(H,27,31). The highest BCUT2D eigenvalue weighted by molar-refractivity contribution is 7.98. The maximum absolute atomic E-state index is 13.3. The van der Waals surface area contributed by atoms with Crippen LogP contribution < -0.4 is 10.2 Å². The van der Waals surface area contributed by atoms with Crippen molar-refractivity contribution in [3.05, 3.63) is 102 Å². The number of urea groups is 1. The van der Waals surface area contributed by atoms with E-state index in [1.165, 1.54) is 0 Å². The number of amides is 2. The molecule has 0 saturated heterocycles. The minimum absolute atomic E-state index is 0.204. The van der Waals surface area contributed by atoms with Crippen LogP contribution in [-0.4, -0.2) is 22.4 Å². The van der Waals surface area contributed by atoms with Crippen molar-refractivity contribution < 1.29 is 9.32 Å². The molecule has 1 unspecified atom stereocenters. The van der Waals surface area contributed by atoms with Crippen molar-refractivity contribution in [2.24, 2.45) is 0 Å². The average Bonchev–Trinajstić information content (AvgIpc) is 3.35. The van der Waals surface area contributed by atoms with Crippen molar-refractivity contribution >= 4 is 29.1 Å². The molecule has 1 aromatic heterocycles. The lowest BCUT2D eigenvalue weighted by molar-refractivity contribution is 0.244. The van der Waals surface area contributed by atoms with Gasteiger partial charge < -0.3 is 9.84 Å². The largest absolute Gasteiger partial charge is 0.334 e. The van der Waals surface area contributed by atoms with Gasteiger partial charge >= 0.3 is 6.03 Å². The first-order valence-corrected chi connectivity index (χ1v) is 11.8. The van der Waals surface area contributed by atoms with Crippen LogP contribution in [0.1, 0.15) is 24.4 Å². The number of hydrogen-bond donors (Lipinski definition) is 1.